The maximum Gasteiger partial charge on any atom is 0.325 e. The summed E-state index contributed by atoms with van der Waals surface area (Å²) in [6.07, 6.45) is 1.87. The number of carbonyl (C=O) groups excluding carboxylic acids is 2. The Morgan fingerprint density at radius 2 is 1.94 bits per heavy atom. The molecular formula is C13H23NO4. The minimum atomic E-state index is -0.759. The van der Waals surface area contributed by atoms with Crippen LogP contribution in [0.1, 0.15) is 40.5 Å². The van der Waals surface area contributed by atoms with Crippen molar-refractivity contribution in [3.63, 3.8) is 0 Å². The van der Waals surface area contributed by atoms with Crippen LogP contribution in [-0.2, 0) is 19.1 Å². The average molecular weight is 257 g/mol. The van der Waals surface area contributed by atoms with Gasteiger partial charge in [0.05, 0.1) is 13.2 Å². The Hall–Kier alpha value is -1.10. The molecule has 0 aromatic heterocycles. The quantitative estimate of drug-likeness (QED) is 0.391. The molecule has 1 rings (SSSR count). The maximum atomic E-state index is 11.8. The molecule has 0 spiro atoms. The van der Waals surface area contributed by atoms with E-state index < -0.39 is 5.54 Å². The van der Waals surface area contributed by atoms with Crippen molar-refractivity contribution in [2.45, 2.75) is 52.1 Å². The third-order valence-electron chi connectivity index (χ3n) is 3.12. The van der Waals surface area contributed by atoms with Crippen LogP contribution >= 0.6 is 0 Å². The monoisotopic (exact) mass is 257 g/mol. The van der Waals surface area contributed by atoms with Gasteiger partial charge in [-0.2, -0.15) is 0 Å². The summed E-state index contributed by atoms with van der Waals surface area (Å²) >= 11 is 0. The second kappa shape index (κ2) is 6.18. The van der Waals surface area contributed by atoms with Gasteiger partial charge in [0.15, 0.2) is 0 Å². The van der Waals surface area contributed by atoms with E-state index in [1.165, 1.54) is 0 Å². The van der Waals surface area contributed by atoms with Crippen LogP contribution in [0.4, 0.5) is 0 Å². The molecule has 0 bridgehead atoms. The predicted molar refractivity (Wildman–Crippen MR) is 67.1 cm³/mol. The average Bonchev–Trinajstić information content (AvgIpc) is 3.10. The van der Waals surface area contributed by atoms with Crippen molar-refractivity contribution in [3.05, 3.63) is 0 Å². The van der Waals surface area contributed by atoms with Crippen LogP contribution in [0.5, 0.6) is 0 Å². The summed E-state index contributed by atoms with van der Waals surface area (Å²) in [5, 5.41) is 0. The lowest BCUT2D eigenvalue weighted by Crippen LogP contribution is -2.43. The van der Waals surface area contributed by atoms with Crippen LogP contribution in [0.25, 0.3) is 0 Å². The van der Waals surface area contributed by atoms with E-state index in [1.807, 2.05) is 6.92 Å². The van der Waals surface area contributed by atoms with Gasteiger partial charge in [-0.25, -0.2) is 0 Å². The SMILES string of the molecule is CCCCOC(=O)[C@@H]1CN1C(C)(C)C(=O)OCC. The van der Waals surface area contributed by atoms with Gasteiger partial charge in [-0.05, 0) is 27.2 Å². The fourth-order valence-electron chi connectivity index (χ4n) is 1.80. The Bertz CT molecular complexity index is 314. The lowest BCUT2D eigenvalue weighted by atomic mass is 10.1. The van der Waals surface area contributed by atoms with Crippen molar-refractivity contribution in [1.82, 2.24) is 4.90 Å². The van der Waals surface area contributed by atoms with Crippen molar-refractivity contribution in [2.75, 3.05) is 19.8 Å². The summed E-state index contributed by atoms with van der Waals surface area (Å²) in [5.74, 6) is -0.533. The van der Waals surface area contributed by atoms with Crippen LogP contribution < -0.4 is 0 Å². The van der Waals surface area contributed by atoms with E-state index in [4.69, 9.17) is 9.47 Å². The molecule has 2 atom stereocenters. The summed E-state index contributed by atoms with van der Waals surface area (Å²) in [6.45, 7) is 8.72. The van der Waals surface area contributed by atoms with E-state index in [-0.39, 0.29) is 18.0 Å². The van der Waals surface area contributed by atoms with Crippen LogP contribution in [0.15, 0.2) is 0 Å². The van der Waals surface area contributed by atoms with Crippen molar-refractivity contribution < 1.29 is 19.1 Å². The van der Waals surface area contributed by atoms with Gasteiger partial charge in [-0.1, -0.05) is 13.3 Å². The second-order valence-corrected chi connectivity index (χ2v) is 4.97. The van der Waals surface area contributed by atoms with Crippen LogP contribution in [0, 0.1) is 0 Å². The molecule has 5 heteroatoms. The highest BCUT2D eigenvalue weighted by atomic mass is 16.5. The van der Waals surface area contributed by atoms with Crippen molar-refractivity contribution in [1.29, 1.82) is 0 Å². The summed E-state index contributed by atoms with van der Waals surface area (Å²) in [4.78, 5) is 25.3. The first-order valence-electron chi connectivity index (χ1n) is 6.55. The van der Waals surface area contributed by atoms with Gasteiger partial charge in [0, 0.05) is 6.54 Å². The smallest absolute Gasteiger partial charge is 0.325 e. The van der Waals surface area contributed by atoms with Gasteiger partial charge in [0.1, 0.15) is 11.6 Å². The molecule has 0 aromatic carbocycles. The number of carbonyl (C=O) groups is 2. The Balaban J connectivity index is 2.43. The number of nitrogens with zero attached hydrogens (tertiary/aromatic N) is 1. The summed E-state index contributed by atoms with van der Waals surface area (Å²) in [6, 6.07) is -0.290. The van der Waals surface area contributed by atoms with Crippen LogP contribution in [0.3, 0.4) is 0 Å². The highest BCUT2D eigenvalue weighted by Gasteiger charge is 2.53. The van der Waals surface area contributed by atoms with Gasteiger partial charge in [-0.15, -0.1) is 0 Å². The zero-order chi connectivity index (χ0) is 13.8. The van der Waals surface area contributed by atoms with E-state index in [0.717, 1.165) is 12.8 Å². The normalized spacial score (nSPS) is 22.4. The molecule has 0 saturated carbocycles. The molecule has 0 N–H and O–H groups in total. The number of unbranched alkanes of at least 4 members (excludes halogenated alkanes) is 1. The highest BCUT2D eigenvalue weighted by Crippen LogP contribution is 2.31. The van der Waals surface area contributed by atoms with Crippen molar-refractivity contribution in [3.8, 4) is 0 Å². The zero-order valence-electron chi connectivity index (χ0n) is 11.7. The molecule has 0 aromatic rings. The minimum Gasteiger partial charge on any atom is -0.465 e. The zero-order valence-corrected chi connectivity index (χ0v) is 11.7. The molecule has 1 saturated heterocycles. The van der Waals surface area contributed by atoms with Gasteiger partial charge >= 0.3 is 11.9 Å². The molecule has 0 aliphatic carbocycles. The summed E-state index contributed by atoms with van der Waals surface area (Å²) in [7, 11) is 0. The number of ether oxygens (including phenoxy) is 2. The number of hydrogen-bond donors (Lipinski definition) is 0. The molecule has 1 aliphatic rings. The van der Waals surface area contributed by atoms with Crippen molar-refractivity contribution in [2.24, 2.45) is 0 Å². The van der Waals surface area contributed by atoms with Gasteiger partial charge in [-0.3, -0.25) is 14.5 Å². The number of rotatable bonds is 7. The maximum absolute atomic E-state index is 11.8. The fraction of sp³-hybridized carbons (Fsp3) is 0.846. The Morgan fingerprint density at radius 3 is 2.50 bits per heavy atom. The lowest BCUT2D eigenvalue weighted by Gasteiger charge is -2.24. The molecule has 1 fully saturated rings. The van der Waals surface area contributed by atoms with E-state index in [9.17, 15) is 9.59 Å². The Labute approximate surface area is 108 Å². The van der Waals surface area contributed by atoms with Crippen LogP contribution in [-0.4, -0.2) is 48.2 Å². The highest BCUT2D eigenvalue weighted by molar-refractivity contribution is 5.85. The molecule has 18 heavy (non-hydrogen) atoms. The first kappa shape index (κ1) is 15.0. The number of hydrogen-bond acceptors (Lipinski definition) is 5. The number of esters is 2. The predicted octanol–water partition coefficient (Wildman–Crippen LogP) is 1.36. The van der Waals surface area contributed by atoms with E-state index in [0.29, 0.717) is 19.8 Å². The molecule has 1 aliphatic heterocycles. The Morgan fingerprint density at radius 1 is 1.28 bits per heavy atom. The van der Waals surface area contributed by atoms with Gasteiger partial charge in [0.2, 0.25) is 0 Å². The van der Waals surface area contributed by atoms with E-state index in [1.54, 1.807) is 25.7 Å². The van der Waals surface area contributed by atoms with Gasteiger partial charge in [0.25, 0.3) is 0 Å². The molecule has 104 valence electrons. The third-order valence-corrected chi connectivity index (χ3v) is 3.12. The molecular weight excluding hydrogens is 234 g/mol. The summed E-state index contributed by atoms with van der Waals surface area (Å²) < 4.78 is 10.1. The second-order valence-electron chi connectivity index (χ2n) is 4.97. The van der Waals surface area contributed by atoms with E-state index >= 15 is 0 Å². The first-order chi connectivity index (χ1) is 8.45. The third kappa shape index (κ3) is 3.45. The molecule has 0 radical (unpaired) electrons. The standard InChI is InChI=1S/C13H23NO4/c1-5-7-8-18-11(15)10-9-14(10)13(3,4)12(16)17-6-2/h10H,5-9H2,1-4H3/t10-,14?/m0/s1. The lowest BCUT2D eigenvalue weighted by molar-refractivity contribution is -0.153. The Kier molecular flexibility index (Phi) is 5.14. The largest absolute Gasteiger partial charge is 0.465 e. The van der Waals surface area contributed by atoms with Crippen LogP contribution in [0.2, 0.25) is 0 Å². The first-order valence-corrected chi connectivity index (χ1v) is 6.55. The fourth-order valence-corrected chi connectivity index (χ4v) is 1.80. The molecule has 0 amide bonds. The van der Waals surface area contributed by atoms with E-state index in [2.05, 4.69) is 0 Å². The topological polar surface area (TPSA) is 55.6 Å². The molecule has 1 heterocycles. The van der Waals surface area contributed by atoms with Crippen molar-refractivity contribution >= 4 is 11.9 Å². The summed E-state index contributed by atoms with van der Waals surface area (Å²) in [5.41, 5.74) is -0.759. The molecule has 1 unspecified atom stereocenters. The molecule has 5 nitrogen and oxygen atoms in total. The minimum absolute atomic E-state index is 0.235. The van der Waals surface area contributed by atoms with Gasteiger partial charge < -0.3 is 9.47 Å².